The van der Waals surface area contributed by atoms with Gasteiger partial charge in [0.25, 0.3) is 0 Å². The number of nitrogens with zero attached hydrogens (tertiary/aromatic N) is 1. The Balaban J connectivity index is 2.72. The van der Waals surface area contributed by atoms with Crippen LogP contribution in [-0.2, 0) is 24.8 Å². The Hall–Kier alpha value is -1.75. The summed E-state index contributed by atoms with van der Waals surface area (Å²) in [6, 6.07) is 5.64. The zero-order valence-electron chi connectivity index (χ0n) is 13.5. The summed E-state index contributed by atoms with van der Waals surface area (Å²) in [6.07, 6.45) is 2.47. The van der Waals surface area contributed by atoms with Gasteiger partial charge in [-0.25, -0.2) is 21.6 Å². The minimum Gasteiger partial charge on any atom is -0.326 e. The van der Waals surface area contributed by atoms with Crippen molar-refractivity contribution in [2.45, 2.75) is 11.8 Å². The molecule has 0 aliphatic carbocycles. The SMILES string of the molecule is C=CCN(CCNS(=O)(=O)c1ccc(NC(C)=O)cc1)S(C)(=O)=O. The normalized spacial score (nSPS) is 12.1. The van der Waals surface area contributed by atoms with Gasteiger partial charge < -0.3 is 5.32 Å². The second kappa shape index (κ2) is 8.38. The molecule has 0 unspecified atom stereocenters. The fourth-order valence-electron chi connectivity index (χ4n) is 1.85. The second-order valence-corrected chi connectivity index (χ2v) is 8.76. The van der Waals surface area contributed by atoms with Gasteiger partial charge in [0.15, 0.2) is 0 Å². The van der Waals surface area contributed by atoms with Gasteiger partial charge in [-0.2, -0.15) is 4.31 Å². The van der Waals surface area contributed by atoms with Crippen LogP contribution in [0.15, 0.2) is 41.8 Å². The zero-order chi connectivity index (χ0) is 18.4. The molecule has 0 aliphatic heterocycles. The Morgan fingerprint density at radius 3 is 2.25 bits per heavy atom. The maximum absolute atomic E-state index is 12.2. The highest BCUT2D eigenvalue weighted by Crippen LogP contribution is 2.13. The predicted molar refractivity (Wildman–Crippen MR) is 92.5 cm³/mol. The predicted octanol–water partition coefficient (Wildman–Crippen LogP) is 0.371. The Bertz CT molecular complexity index is 786. The van der Waals surface area contributed by atoms with Gasteiger partial charge in [-0.1, -0.05) is 6.08 Å². The van der Waals surface area contributed by atoms with Gasteiger partial charge in [-0.15, -0.1) is 6.58 Å². The Morgan fingerprint density at radius 1 is 1.21 bits per heavy atom. The molecule has 8 nitrogen and oxygen atoms in total. The van der Waals surface area contributed by atoms with Crippen LogP contribution < -0.4 is 10.0 Å². The quantitative estimate of drug-likeness (QED) is 0.606. The van der Waals surface area contributed by atoms with Crippen molar-refractivity contribution in [3.05, 3.63) is 36.9 Å². The van der Waals surface area contributed by atoms with Gasteiger partial charge in [0.2, 0.25) is 26.0 Å². The lowest BCUT2D eigenvalue weighted by Gasteiger charge is -2.18. The van der Waals surface area contributed by atoms with Crippen molar-refractivity contribution in [2.75, 3.05) is 31.2 Å². The van der Waals surface area contributed by atoms with Crippen molar-refractivity contribution in [1.82, 2.24) is 9.03 Å². The van der Waals surface area contributed by atoms with Gasteiger partial charge in [-0.05, 0) is 24.3 Å². The van der Waals surface area contributed by atoms with E-state index >= 15 is 0 Å². The Morgan fingerprint density at radius 2 is 1.79 bits per heavy atom. The molecule has 10 heteroatoms. The number of carbonyl (C=O) groups excluding carboxylic acids is 1. The van der Waals surface area contributed by atoms with Gasteiger partial charge in [0.05, 0.1) is 11.2 Å². The molecule has 0 fully saturated rings. The topological polar surface area (TPSA) is 113 Å². The minimum absolute atomic E-state index is 0.00589. The molecule has 0 saturated carbocycles. The summed E-state index contributed by atoms with van der Waals surface area (Å²) in [4.78, 5) is 11.0. The number of rotatable bonds is 9. The molecular weight excluding hydrogens is 354 g/mol. The molecule has 0 aromatic heterocycles. The third-order valence-electron chi connectivity index (χ3n) is 2.94. The van der Waals surface area contributed by atoms with Crippen LogP contribution in [0.1, 0.15) is 6.92 Å². The Kier molecular flexibility index (Phi) is 7.08. The number of amides is 1. The number of benzene rings is 1. The van der Waals surface area contributed by atoms with Gasteiger partial charge in [0, 0.05) is 32.2 Å². The van der Waals surface area contributed by atoms with E-state index < -0.39 is 20.0 Å². The first kappa shape index (κ1) is 20.3. The summed E-state index contributed by atoms with van der Waals surface area (Å²) in [5.41, 5.74) is 0.482. The monoisotopic (exact) mass is 375 g/mol. The van der Waals surface area contributed by atoms with Crippen LogP contribution in [0, 0.1) is 0 Å². The summed E-state index contributed by atoms with van der Waals surface area (Å²) >= 11 is 0. The molecule has 2 N–H and O–H groups in total. The molecule has 1 aromatic rings. The van der Waals surface area contributed by atoms with Crippen LogP contribution in [0.2, 0.25) is 0 Å². The van der Waals surface area contributed by atoms with E-state index in [0.29, 0.717) is 5.69 Å². The summed E-state index contributed by atoms with van der Waals surface area (Å²) in [6.45, 7) is 4.85. The fourth-order valence-corrected chi connectivity index (χ4v) is 3.67. The summed E-state index contributed by atoms with van der Waals surface area (Å²) in [5, 5.41) is 2.54. The van der Waals surface area contributed by atoms with Crippen LogP contribution in [0.4, 0.5) is 5.69 Å². The first-order chi connectivity index (χ1) is 11.1. The lowest BCUT2D eigenvalue weighted by atomic mass is 10.3. The van der Waals surface area contributed by atoms with E-state index in [1.165, 1.54) is 37.3 Å². The molecule has 24 heavy (non-hydrogen) atoms. The van der Waals surface area contributed by atoms with E-state index in [4.69, 9.17) is 0 Å². The first-order valence-corrected chi connectivity index (χ1v) is 10.3. The maximum Gasteiger partial charge on any atom is 0.240 e. The average Bonchev–Trinajstić information content (AvgIpc) is 2.45. The van der Waals surface area contributed by atoms with Crippen molar-refractivity contribution >= 4 is 31.6 Å². The number of anilines is 1. The highest BCUT2D eigenvalue weighted by Gasteiger charge is 2.17. The smallest absolute Gasteiger partial charge is 0.240 e. The fraction of sp³-hybridized carbons (Fsp3) is 0.357. The molecule has 1 aromatic carbocycles. The molecule has 0 radical (unpaired) electrons. The molecule has 0 bridgehead atoms. The van der Waals surface area contributed by atoms with Gasteiger partial charge in [-0.3, -0.25) is 4.79 Å². The van der Waals surface area contributed by atoms with Gasteiger partial charge >= 0.3 is 0 Å². The molecular formula is C14H21N3O5S2. The molecule has 0 saturated heterocycles. The molecule has 1 rings (SSSR count). The van der Waals surface area contributed by atoms with E-state index in [1.54, 1.807) is 0 Å². The van der Waals surface area contributed by atoms with E-state index in [-0.39, 0.29) is 30.4 Å². The largest absolute Gasteiger partial charge is 0.326 e. The number of hydrogen-bond acceptors (Lipinski definition) is 5. The zero-order valence-corrected chi connectivity index (χ0v) is 15.2. The maximum atomic E-state index is 12.2. The molecule has 1 amide bonds. The van der Waals surface area contributed by atoms with Crippen LogP contribution >= 0.6 is 0 Å². The van der Waals surface area contributed by atoms with E-state index in [2.05, 4.69) is 16.6 Å². The number of sulfonamides is 2. The van der Waals surface area contributed by atoms with E-state index in [9.17, 15) is 21.6 Å². The van der Waals surface area contributed by atoms with Crippen LogP contribution in [-0.4, -0.2) is 52.9 Å². The Labute approximate surface area is 142 Å². The summed E-state index contributed by atoms with van der Waals surface area (Å²) in [5.74, 6) is -0.258. The van der Waals surface area contributed by atoms with Crippen LogP contribution in [0.3, 0.4) is 0 Å². The van der Waals surface area contributed by atoms with Gasteiger partial charge in [0.1, 0.15) is 0 Å². The highest BCUT2D eigenvalue weighted by atomic mass is 32.2. The summed E-state index contributed by atoms with van der Waals surface area (Å²) < 4.78 is 50.9. The van der Waals surface area contributed by atoms with Crippen LogP contribution in [0.5, 0.6) is 0 Å². The first-order valence-electron chi connectivity index (χ1n) is 6.99. The molecule has 0 heterocycles. The van der Waals surface area contributed by atoms with E-state index in [0.717, 1.165) is 10.6 Å². The molecule has 0 spiro atoms. The van der Waals surface area contributed by atoms with Crippen molar-refractivity contribution in [2.24, 2.45) is 0 Å². The average molecular weight is 375 g/mol. The third-order valence-corrected chi connectivity index (χ3v) is 5.69. The number of nitrogens with one attached hydrogen (secondary N) is 2. The lowest BCUT2D eigenvalue weighted by molar-refractivity contribution is -0.114. The molecule has 134 valence electrons. The minimum atomic E-state index is -3.77. The lowest BCUT2D eigenvalue weighted by Crippen LogP contribution is -2.38. The number of hydrogen-bond donors (Lipinski definition) is 2. The van der Waals surface area contributed by atoms with Crippen molar-refractivity contribution < 1.29 is 21.6 Å². The van der Waals surface area contributed by atoms with Crippen molar-refractivity contribution in [1.29, 1.82) is 0 Å². The molecule has 0 atom stereocenters. The van der Waals surface area contributed by atoms with Crippen molar-refractivity contribution in [3.63, 3.8) is 0 Å². The summed E-state index contributed by atoms with van der Waals surface area (Å²) in [7, 11) is -7.21. The molecule has 0 aliphatic rings. The second-order valence-electron chi connectivity index (χ2n) is 5.01. The third kappa shape index (κ3) is 6.40. The van der Waals surface area contributed by atoms with Crippen LogP contribution in [0.25, 0.3) is 0 Å². The number of carbonyl (C=O) groups is 1. The standard InChI is InChI=1S/C14H21N3O5S2/c1-4-10-17(23(3,19)20)11-9-15-24(21,22)14-7-5-13(6-8-14)16-12(2)18/h4-8,15H,1,9-11H2,2-3H3,(H,16,18). The van der Waals surface area contributed by atoms with Crippen molar-refractivity contribution in [3.8, 4) is 0 Å². The highest BCUT2D eigenvalue weighted by molar-refractivity contribution is 7.89. The van der Waals surface area contributed by atoms with E-state index in [1.807, 2.05) is 0 Å².